The Labute approximate surface area is 86.0 Å². The summed E-state index contributed by atoms with van der Waals surface area (Å²) in [5.41, 5.74) is 2.12. The van der Waals surface area contributed by atoms with Crippen LogP contribution < -0.4 is 5.32 Å². The monoisotopic (exact) mass is 193 g/mol. The van der Waals surface area contributed by atoms with Crippen LogP contribution in [0.2, 0.25) is 0 Å². The average Bonchev–Trinajstić information content (AvgIpc) is 2.19. The molecule has 0 unspecified atom stereocenters. The molecule has 0 saturated heterocycles. The molecule has 1 rings (SSSR count). The molecule has 0 bridgehead atoms. The molecule has 1 aromatic carbocycles. The van der Waals surface area contributed by atoms with Gasteiger partial charge in [-0.2, -0.15) is 0 Å². The van der Waals surface area contributed by atoms with Gasteiger partial charge in [0.15, 0.2) is 0 Å². The SMILES string of the molecule is CCCNc1cccc(O)c1CCC. The van der Waals surface area contributed by atoms with Gasteiger partial charge >= 0.3 is 0 Å². The normalized spacial score (nSPS) is 10.1. The number of phenols is 1. The number of aromatic hydroxyl groups is 1. The molecule has 0 heterocycles. The fraction of sp³-hybridized carbons (Fsp3) is 0.500. The number of nitrogens with one attached hydrogen (secondary N) is 1. The Morgan fingerprint density at radius 3 is 2.64 bits per heavy atom. The van der Waals surface area contributed by atoms with Crippen LogP contribution in [0.1, 0.15) is 32.3 Å². The molecule has 0 spiro atoms. The minimum absolute atomic E-state index is 0.410. The van der Waals surface area contributed by atoms with Crippen molar-refractivity contribution >= 4 is 5.69 Å². The topological polar surface area (TPSA) is 32.3 Å². The van der Waals surface area contributed by atoms with Crippen LogP contribution in [0, 0.1) is 0 Å². The van der Waals surface area contributed by atoms with Gasteiger partial charge in [0.2, 0.25) is 0 Å². The lowest BCUT2D eigenvalue weighted by Crippen LogP contribution is -2.03. The first-order valence-corrected chi connectivity index (χ1v) is 5.34. The average molecular weight is 193 g/mol. The standard InChI is InChI=1S/C12H19NO/c1-3-6-10-11(13-9-4-2)7-5-8-12(10)14/h5,7-8,13-14H,3-4,6,9H2,1-2H3. The number of benzene rings is 1. The molecule has 0 saturated carbocycles. The predicted molar refractivity (Wildman–Crippen MR) is 60.9 cm³/mol. The van der Waals surface area contributed by atoms with Crippen molar-refractivity contribution in [1.29, 1.82) is 0 Å². The van der Waals surface area contributed by atoms with E-state index in [1.807, 2.05) is 12.1 Å². The van der Waals surface area contributed by atoms with E-state index >= 15 is 0 Å². The highest BCUT2D eigenvalue weighted by Crippen LogP contribution is 2.26. The summed E-state index contributed by atoms with van der Waals surface area (Å²) in [5, 5.41) is 13.0. The number of phenolic OH excluding ortho intramolecular Hbond substituents is 1. The van der Waals surface area contributed by atoms with Gasteiger partial charge in [-0.15, -0.1) is 0 Å². The fourth-order valence-electron chi connectivity index (χ4n) is 1.51. The molecule has 0 atom stereocenters. The quantitative estimate of drug-likeness (QED) is 0.752. The third-order valence-corrected chi connectivity index (χ3v) is 2.22. The van der Waals surface area contributed by atoms with Crippen molar-refractivity contribution in [1.82, 2.24) is 0 Å². The van der Waals surface area contributed by atoms with Gasteiger partial charge in [-0.1, -0.05) is 26.3 Å². The Balaban J connectivity index is 2.83. The third kappa shape index (κ3) is 2.66. The minimum atomic E-state index is 0.410. The van der Waals surface area contributed by atoms with Crippen molar-refractivity contribution in [2.75, 3.05) is 11.9 Å². The smallest absolute Gasteiger partial charge is 0.120 e. The second kappa shape index (κ2) is 5.53. The van der Waals surface area contributed by atoms with Crippen LogP contribution in [0.5, 0.6) is 5.75 Å². The van der Waals surface area contributed by atoms with E-state index in [0.29, 0.717) is 5.75 Å². The van der Waals surface area contributed by atoms with Gasteiger partial charge in [-0.3, -0.25) is 0 Å². The van der Waals surface area contributed by atoms with Crippen LogP contribution in [-0.2, 0) is 6.42 Å². The molecule has 0 aliphatic rings. The maximum absolute atomic E-state index is 9.68. The Hall–Kier alpha value is -1.18. The zero-order valence-electron chi connectivity index (χ0n) is 9.01. The van der Waals surface area contributed by atoms with E-state index in [-0.39, 0.29) is 0 Å². The lowest BCUT2D eigenvalue weighted by Gasteiger charge is -2.12. The minimum Gasteiger partial charge on any atom is -0.508 e. The molecule has 2 N–H and O–H groups in total. The first-order valence-electron chi connectivity index (χ1n) is 5.34. The van der Waals surface area contributed by atoms with E-state index in [9.17, 15) is 5.11 Å². The van der Waals surface area contributed by atoms with Crippen molar-refractivity contribution in [2.45, 2.75) is 33.1 Å². The lowest BCUT2D eigenvalue weighted by atomic mass is 10.1. The molecule has 1 aromatic rings. The van der Waals surface area contributed by atoms with Gasteiger partial charge in [0, 0.05) is 17.8 Å². The molecule has 0 radical (unpaired) electrons. The lowest BCUT2D eigenvalue weighted by molar-refractivity contribution is 0.468. The molecule has 78 valence electrons. The van der Waals surface area contributed by atoms with Crippen LogP contribution in [0.25, 0.3) is 0 Å². The number of rotatable bonds is 5. The van der Waals surface area contributed by atoms with Gasteiger partial charge in [-0.05, 0) is 25.0 Å². The van der Waals surface area contributed by atoms with Gasteiger partial charge < -0.3 is 10.4 Å². The number of anilines is 1. The summed E-state index contributed by atoms with van der Waals surface area (Å²) < 4.78 is 0. The van der Waals surface area contributed by atoms with E-state index in [4.69, 9.17) is 0 Å². The Morgan fingerprint density at radius 1 is 1.21 bits per heavy atom. The molecular formula is C12H19NO. The van der Waals surface area contributed by atoms with E-state index < -0.39 is 0 Å². The van der Waals surface area contributed by atoms with Gasteiger partial charge in [0.25, 0.3) is 0 Å². The van der Waals surface area contributed by atoms with Crippen molar-refractivity contribution < 1.29 is 5.11 Å². The highest BCUT2D eigenvalue weighted by Gasteiger charge is 2.05. The van der Waals surface area contributed by atoms with E-state index in [1.54, 1.807) is 6.07 Å². The summed E-state index contributed by atoms with van der Waals surface area (Å²) in [5.74, 6) is 0.410. The van der Waals surface area contributed by atoms with Gasteiger partial charge in [0.1, 0.15) is 5.75 Å². The van der Waals surface area contributed by atoms with Crippen LogP contribution in [0.4, 0.5) is 5.69 Å². The van der Waals surface area contributed by atoms with Gasteiger partial charge in [-0.25, -0.2) is 0 Å². The third-order valence-electron chi connectivity index (χ3n) is 2.22. The Morgan fingerprint density at radius 2 is 2.00 bits per heavy atom. The predicted octanol–water partition coefficient (Wildman–Crippen LogP) is 3.17. The van der Waals surface area contributed by atoms with Crippen LogP contribution >= 0.6 is 0 Å². The molecule has 14 heavy (non-hydrogen) atoms. The molecule has 2 heteroatoms. The molecule has 0 aliphatic carbocycles. The van der Waals surface area contributed by atoms with Gasteiger partial charge in [0.05, 0.1) is 0 Å². The second-order valence-electron chi connectivity index (χ2n) is 3.48. The van der Waals surface area contributed by atoms with Crippen molar-refractivity contribution in [2.24, 2.45) is 0 Å². The fourth-order valence-corrected chi connectivity index (χ4v) is 1.51. The number of hydrogen-bond donors (Lipinski definition) is 2. The van der Waals surface area contributed by atoms with Crippen LogP contribution in [0.15, 0.2) is 18.2 Å². The molecular weight excluding hydrogens is 174 g/mol. The van der Waals surface area contributed by atoms with Crippen LogP contribution in [0.3, 0.4) is 0 Å². The van der Waals surface area contributed by atoms with E-state index in [1.165, 1.54) is 0 Å². The summed E-state index contributed by atoms with van der Waals surface area (Å²) in [7, 11) is 0. The van der Waals surface area contributed by atoms with Crippen LogP contribution in [-0.4, -0.2) is 11.7 Å². The summed E-state index contributed by atoms with van der Waals surface area (Å²) >= 11 is 0. The largest absolute Gasteiger partial charge is 0.508 e. The number of hydrogen-bond acceptors (Lipinski definition) is 2. The first kappa shape index (κ1) is 10.9. The van der Waals surface area contributed by atoms with E-state index in [0.717, 1.165) is 37.1 Å². The zero-order valence-corrected chi connectivity index (χ0v) is 9.01. The molecule has 0 aromatic heterocycles. The van der Waals surface area contributed by atoms with Crippen molar-refractivity contribution in [3.8, 4) is 5.75 Å². The summed E-state index contributed by atoms with van der Waals surface area (Å²) in [6.45, 7) is 5.21. The molecule has 0 amide bonds. The van der Waals surface area contributed by atoms with E-state index in [2.05, 4.69) is 19.2 Å². The highest BCUT2D eigenvalue weighted by atomic mass is 16.3. The van der Waals surface area contributed by atoms with Crippen molar-refractivity contribution in [3.63, 3.8) is 0 Å². The zero-order chi connectivity index (χ0) is 10.4. The Bertz CT molecular complexity index is 284. The maximum Gasteiger partial charge on any atom is 0.120 e. The molecule has 2 nitrogen and oxygen atoms in total. The molecule has 0 fully saturated rings. The maximum atomic E-state index is 9.68. The summed E-state index contributed by atoms with van der Waals surface area (Å²) in [4.78, 5) is 0. The summed E-state index contributed by atoms with van der Waals surface area (Å²) in [6, 6.07) is 5.66. The second-order valence-corrected chi connectivity index (χ2v) is 3.48. The first-order chi connectivity index (χ1) is 6.79. The van der Waals surface area contributed by atoms with Crippen molar-refractivity contribution in [3.05, 3.63) is 23.8 Å². The molecule has 0 aliphatic heterocycles. The highest BCUT2D eigenvalue weighted by molar-refractivity contribution is 5.57. The Kier molecular flexibility index (Phi) is 4.30. The summed E-state index contributed by atoms with van der Waals surface area (Å²) in [6.07, 6.45) is 3.08.